The van der Waals surface area contributed by atoms with Gasteiger partial charge in [-0.05, 0) is 44.9 Å². The summed E-state index contributed by atoms with van der Waals surface area (Å²) in [7, 11) is 1.82. The molecule has 1 aromatic carbocycles. The van der Waals surface area contributed by atoms with E-state index in [1.54, 1.807) is 0 Å². The first kappa shape index (κ1) is 13.4. The number of hydrogen-bond donors (Lipinski definition) is 2. The quantitative estimate of drug-likeness (QED) is 0.870. The first-order valence-corrected chi connectivity index (χ1v) is 7.50. The molecule has 1 fully saturated rings. The number of likely N-dealkylation sites (N-methyl/N-ethyl adjacent to an activating group) is 1. The first-order chi connectivity index (χ1) is 9.61. The number of fused-ring (bicyclic) bond motifs is 1. The summed E-state index contributed by atoms with van der Waals surface area (Å²) >= 11 is 0. The number of anilines is 2. The number of hydrogen-bond acceptors (Lipinski definition) is 3. The minimum absolute atomic E-state index is 0.0414. The monoisotopic (exact) mass is 273 g/mol. The third-order valence-electron chi connectivity index (χ3n) is 4.86. The Morgan fingerprint density at radius 2 is 2.15 bits per heavy atom. The van der Waals surface area contributed by atoms with E-state index in [1.165, 1.54) is 18.5 Å². The lowest BCUT2D eigenvalue weighted by molar-refractivity contribution is -0.117. The minimum Gasteiger partial charge on any atom is -0.368 e. The summed E-state index contributed by atoms with van der Waals surface area (Å²) in [6.45, 7) is 5.72. The number of nitrogens with zero attached hydrogens (tertiary/aromatic N) is 1. The van der Waals surface area contributed by atoms with Crippen molar-refractivity contribution in [3.05, 3.63) is 23.8 Å². The molecule has 0 aliphatic carbocycles. The van der Waals surface area contributed by atoms with Crippen LogP contribution >= 0.6 is 0 Å². The van der Waals surface area contributed by atoms with Gasteiger partial charge >= 0.3 is 0 Å². The molecule has 0 saturated carbocycles. The van der Waals surface area contributed by atoms with Crippen LogP contribution in [0, 0.1) is 5.92 Å². The second-order valence-electron chi connectivity index (χ2n) is 6.04. The Morgan fingerprint density at radius 3 is 2.90 bits per heavy atom. The van der Waals surface area contributed by atoms with Crippen molar-refractivity contribution in [3.8, 4) is 0 Å². The van der Waals surface area contributed by atoms with Gasteiger partial charge in [-0.15, -0.1) is 0 Å². The van der Waals surface area contributed by atoms with Crippen molar-refractivity contribution in [3.63, 3.8) is 0 Å². The first-order valence-electron chi connectivity index (χ1n) is 7.50. The Balaban J connectivity index is 1.90. The Morgan fingerprint density at radius 1 is 1.35 bits per heavy atom. The largest absolute Gasteiger partial charge is 0.368 e. The highest BCUT2D eigenvalue weighted by molar-refractivity contribution is 6.03. The normalized spacial score (nSPS) is 29.2. The van der Waals surface area contributed by atoms with Crippen molar-refractivity contribution in [1.82, 2.24) is 5.32 Å². The molecule has 2 heterocycles. The molecule has 108 valence electrons. The second kappa shape index (κ2) is 5.09. The molecule has 3 atom stereocenters. The van der Waals surface area contributed by atoms with Crippen LogP contribution in [0.4, 0.5) is 11.4 Å². The van der Waals surface area contributed by atoms with Crippen molar-refractivity contribution in [2.45, 2.75) is 38.8 Å². The summed E-state index contributed by atoms with van der Waals surface area (Å²) in [5.41, 5.74) is 3.23. The van der Waals surface area contributed by atoms with Gasteiger partial charge in [-0.3, -0.25) is 4.79 Å². The fraction of sp³-hybridized carbons (Fsp3) is 0.562. The maximum Gasteiger partial charge on any atom is 0.246 e. The summed E-state index contributed by atoms with van der Waals surface area (Å²) in [6, 6.07) is 6.70. The SMILES string of the molecule is CNC1C(=O)Nc2cc(N3CCCC(C)C3C)ccc21. The van der Waals surface area contributed by atoms with Crippen LogP contribution in [0.5, 0.6) is 0 Å². The Hall–Kier alpha value is -1.55. The van der Waals surface area contributed by atoms with Crippen LogP contribution in [-0.4, -0.2) is 25.5 Å². The van der Waals surface area contributed by atoms with Crippen LogP contribution < -0.4 is 15.5 Å². The smallest absolute Gasteiger partial charge is 0.246 e. The summed E-state index contributed by atoms with van der Waals surface area (Å²) in [6.07, 6.45) is 2.55. The van der Waals surface area contributed by atoms with Gasteiger partial charge in [0.1, 0.15) is 6.04 Å². The second-order valence-corrected chi connectivity index (χ2v) is 6.04. The molecule has 0 aromatic heterocycles. The van der Waals surface area contributed by atoms with Gasteiger partial charge < -0.3 is 15.5 Å². The van der Waals surface area contributed by atoms with Crippen LogP contribution in [-0.2, 0) is 4.79 Å². The lowest BCUT2D eigenvalue weighted by Crippen LogP contribution is -2.42. The van der Waals surface area contributed by atoms with Crippen molar-refractivity contribution >= 4 is 17.3 Å². The molecule has 1 aromatic rings. The van der Waals surface area contributed by atoms with Crippen molar-refractivity contribution in [2.75, 3.05) is 23.8 Å². The van der Waals surface area contributed by atoms with Crippen LogP contribution in [0.1, 0.15) is 38.3 Å². The van der Waals surface area contributed by atoms with E-state index >= 15 is 0 Å². The Kier molecular flexibility index (Phi) is 3.42. The molecule has 0 bridgehead atoms. The molecule has 4 nitrogen and oxygen atoms in total. The summed E-state index contributed by atoms with van der Waals surface area (Å²) in [4.78, 5) is 14.3. The number of carbonyl (C=O) groups excluding carboxylic acids is 1. The molecule has 2 aliphatic heterocycles. The zero-order valence-electron chi connectivity index (χ0n) is 12.4. The number of piperidine rings is 1. The molecular formula is C16H23N3O. The maximum atomic E-state index is 11.9. The summed E-state index contributed by atoms with van der Waals surface area (Å²) < 4.78 is 0. The van der Waals surface area contributed by atoms with Gasteiger partial charge in [-0.25, -0.2) is 0 Å². The number of carbonyl (C=O) groups is 1. The van der Waals surface area contributed by atoms with Gasteiger partial charge in [0.2, 0.25) is 5.91 Å². The molecule has 4 heteroatoms. The van der Waals surface area contributed by atoms with E-state index in [0.29, 0.717) is 6.04 Å². The van der Waals surface area contributed by atoms with E-state index in [2.05, 4.69) is 47.6 Å². The van der Waals surface area contributed by atoms with Gasteiger partial charge in [-0.1, -0.05) is 13.0 Å². The van der Waals surface area contributed by atoms with Crippen LogP contribution in [0.3, 0.4) is 0 Å². The maximum absolute atomic E-state index is 11.9. The van der Waals surface area contributed by atoms with Gasteiger partial charge in [0.15, 0.2) is 0 Å². The zero-order valence-corrected chi connectivity index (χ0v) is 12.4. The summed E-state index contributed by atoms with van der Waals surface area (Å²) in [5, 5.41) is 6.03. The van der Waals surface area contributed by atoms with Crippen molar-refractivity contribution in [2.24, 2.45) is 5.92 Å². The molecule has 3 rings (SSSR count). The highest BCUT2D eigenvalue weighted by atomic mass is 16.2. The molecule has 0 spiro atoms. The van der Waals surface area contributed by atoms with Gasteiger partial charge in [0.05, 0.1) is 0 Å². The third-order valence-corrected chi connectivity index (χ3v) is 4.86. The highest BCUT2D eigenvalue weighted by Crippen LogP contribution is 2.36. The lowest BCUT2D eigenvalue weighted by atomic mass is 9.91. The molecule has 0 radical (unpaired) electrons. The van der Waals surface area contributed by atoms with Crippen LogP contribution in [0.2, 0.25) is 0 Å². The molecule has 20 heavy (non-hydrogen) atoms. The zero-order chi connectivity index (χ0) is 14.3. The summed E-state index contributed by atoms with van der Waals surface area (Å²) in [5.74, 6) is 0.761. The standard InChI is InChI=1S/C16H23N3O/c1-10-5-4-8-19(11(10)2)12-6-7-13-14(9-12)18-16(20)15(13)17-3/h6-7,9-11,15,17H,4-5,8H2,1-3H3,(H,18,20). The van der Waals surface area contributed by atoms with Crippen molar-refractivity contribution < 1.29 is 4.79 Å². The van der Waals surface area contributed by atoms with E-state index in [1.807, 2.05) is 7.05 Å². The van der Waals surface area contributed by atoms with Crippen LogP contribution in [0.15, 0.2) is 18.2 Å². The topological polar surface area (TPSA) is 44.4 Å². The van der Waals surface area contributed by atoms with E-state index in [4.69, 9.17) is 0 Å². The van der Waals surface area contributed by atoms with Crippen LogP contribution in [0.25, 0.3) is 0 Å². The van der Waals surface area contributed by atoms with E-state index in [9.17, 15) is 4.79 Å². The number of benzene rings is 1. The molecule has 1 saturated heterocycles. The van der Waals surface area contributed by atoms with Gasteiger partial charge in [0, 0.05) is 29.5 Å². The molecule has 3 unspecified atom stereocenters. The average molecular weight is 273 g/mol. The van der Waals surface area contributed by atoms with E-state index < -0.39 is 0 Å². The molecule has 2 aliphatic rings. The molecule has 2 N–H and O–H groups in total. The number of amides is 1. The molecule has 1 amide bonds. The molecular weight excluding hydrogens is 250 g/mol. The highest BCUT2D eigenvalue weighted by Gasteiger charge is 2.31. The predicted octanol–water partition coefficient (Wildman–Crippen LogP) is 2.52. The lowest BCUT2D eigenvalue weighted by Gasteiger charge is -2.39. The average Bonchev–Trinajstić information content (AvgIpc) is 2.76. The third kappa shape index (κ3) is 2.08. The number of nitrogens with one attached hydrogen (secondary N) is 2. The minimum atomic E-state index is -0.211. The van der Waals surface area contributed by atoms with E-state index in [0.717, 1.165) is 23.7 Å². The van der Waals surface area contributed by atoms with E-state index in [-0.39, 0.29) is 11.9 Å². The van der Waals surface area contributed by atoms with Crippen molar-refractivity contribution in [1.29, 1.82) is 0 Å². The van der Waals surface area contributed by atoms with Gasteiger partial charge in [-0.2, -0.15) is 0 Å². The fourth-order valence-electron chi connectivity index (χ4n) is 3.42. The number of rotatable bonds is 2. The Labute approximate surface area is 120 Å². The van der Waals surface area contributed by atoms with Gasteiger partial charge in [0.25, 0.3) is 0 Å². The Bertz CT molecular complexity index is 528. The fourth-order valence-corrected chi connectivity index (χ4v) is 3.42. The predicted molar refractivity (Wildman–Crippen MR) is 82.1 cm³/mol.